The van der Waals surface area contributed by atoms with Crippen LogP contribution in [0.2, 0.25) is 0 Å². The van der Waals surface area contributed by atoms with Crippen molar-refractivity contribution in [1.29, 1.82) is 0 Å². The maximum Gasteiger partial charge on any atom is 0.407 e. The van der Waals surface area contributed by atoms with Crippen LogP contribution in [-0.2, 0) is 11.3 Å². The van der Waals surface area contributed by atoms with Gasteiger partial charge in [-0.3, -0.25) is 0 Å². The third kappa shape index (κ3) is 4.86. The molecule has 0 aliphatic rings. The maximum atomic E-state index is 11.3. The summed E-state index contributed by atoms with van der Waals surface area (Å²) in [5.74, 6) is -0.968. The molecule has 94 valence electrons. The van der Waals surface area contributed by atoms with Crippen molar-refractivity contribution in [3.05, 3.63) is 21.9 Å². The number of aromatic carboxylic acids is 1. The highest BCUT2D eigenvalue weighted by Crippen LogP contribution is 2.14. The largest absolute Gasteiger partial charge is 0.478 e. The average molecular weight is 257 g/mol. The summed E-state index contributed by atoms with van der Waals surface area (Å²) in [4.78, 5) is 22.7. The Morgan fingerprint density at radius 1 is 1.47 bits per heavy atom. The van der Waals surface area contributed by atoms with Gasteiger partial charge in [-0.05, 0) is 26.8 Å². The molecule has 1 heterocycles. The topological polar surface area (TPSA) is 75.6 Å². The second kappa shape index (κ2) is 5.18. The van der Waals surface area contributed by atoms with Crippen LogP contribution in [0.5, 0.6) is 0 Å². The van der Waals surface area contributed by atoms with Crippen LogP contribution < -0.4 is 5.32 Å². The van der Waals surface area contributed by atoms with Gasteiger partial charge in [0.25, 0.3) is 0 Å². The number of rotatable bonds is 3. The highest BCUT2D eigenvalue weighted by molar-refractivity contribution is 7.10. The van der Waals surface area contributed by atoms with Crippen molar-refractivity contribution in [2.24, 2.45) is 0 Å². The fourth-order valence-electron chi connectivity index (χ4n) is 1.06. The Balaban J connectivity index is 2.45. The monoisotopic (exact) mass is 257 g/mol. The van der Waals surface area contributed by atoms with Crippen molar-refractivity contribution >= 4 is 23.4 Å². The van der Waals surface area contributed by atoms with Crippen LogP contribution in [0.3, 0.4) is 0 Å². The molecule has 0 bridgehead atoms. The van der Waals surface area contributed by atoms with Crippen LogP contribution >= 0.6 is 11.3 Å². The number of nitrogens with one attached hydrogen (secondary N) is 1. The highest BCUT2D eigenvalue weighted by atomic mass is 32.1. The van der Waals surface area contributed by atoms with Gasteiger partial charge in [-0.2, -0.15) is 0 Å². The minimum Gasteiger partial charge on any atom is -0.478 e. The zero-order valence-electron chi connectivity index (χ0n) is 9.94. The molecule has 1 amide bonds. The molecule has 0 fully saturated rings. The zero-order valence-corrected chi connectivity index (χ0v) is 10.8. The molecule has 5 nitrogen and oxygen atoms in total. The van der Waals surface area contributed by atoms with Gasteiger partial charge in [-0.25, -0.2) is 9.59 Å². The molecule has 0 radical (unpaired) electrons. The molecule has 0 spiro atoms. The van der Waals surface area contributed by atoms with E-state index in [2.05, 4.69) is 5.32 Å². The van der Waals surface area contributed by atoms with E-state index in [-0.39, 0.29) is 12.1 Å². The molecule has 0 aliphatic carbocycles. The van der Waals surface area contributed by atoms with E-state index in [0.29, 0.717) is 0 Å². The molecule has 17 heavy (non-hydrogen) atoms. The number of hydrogen-bond acceptors (Lipinski definition) is 4. The first kappa shape index (κ1) is 13.5. The van der Waals surface area contributed by atoms with Gasteiger partial charge < -0.3 is 15.2 Å². The molecule has 0 aromatic carbocycles. The number of ether oxygens (including phenoxy) is 1. The number of thiophene rings is 1. The van der Waals surface area contributed by atoms with E-state index in [1.54, 1.807) is 20.8 Å². The van der Waals surface area contributed by atoms with Crippen LogP contribution in [0.4, 0.5) is 4.79 Å². The Morgan fingerprint density at radius 2 is 2.12 bits per heavy atom. The Labute approximate surface area is 103 Å². The summed E-state index contributed by atoms with van der Waals surface area (Å²) in [5.41, 5.74) is -0.304. The van der Waals surface area contributed by atoms with Crippen LogP contribution in [0, 0.1) is 0 Å². The van der Waals surface area contributed by atoms with Gasteiger partial charge in [-0.15, -0.1) is 11.3 Å². The molecule has 1 rings (SSSR count). The SMILES string of the molecule is CC(C)(C)OC(=O)NCc1cc(C(=O)O)cs1. The van der Waals surface area contributed by atoms with Crippen molar-refractivity contribution in [2.45, 2.75) is 32.9 Å². The number of carboxylic acids is 1. The summed E-state index contributed by atoms with van der Waals surface area (Å²) in [5, 5.41) is 12.8. The Morgan fingerprint density at radius 3 is 2.59 bits per heavy atom. The molecular weight excluding hydrogens is 242 g/mol. The number of carboxylic acid groups (broad SMARTS) is 1. The summed E-state index contributed by atoms with van der Waals surface area (Å²) in [6.07, 6.45) is -0.511. The van der Waals surface area contributed by atoms with E-state index in [9.17, 15) is 9.59 Å². The van der Waals surface area contributed by atoms with E-state index in [0.717, 1.165) is 4.88 Å². The highest BCUT2D eigenvalue weighted by Gasteiger charge is 2.16. The molecule has 2 N–H and O–H groups in total. The third-order valence-electron chi connectivity index (χ3n) is 1.71. The summed E-state index contributed by atoms with van der Waals surface area (Å²) in [7, 11) is 0. The lowest BCUT2D eigenvalue weighted by molar-refractivity contribution is 0.0523. The van der Waals surface area contributed by atoms with Crippen LogP contribution in [0.25, 0.3) is 0 Å². The summed E-state index contributed by atoms with van der Waals surface area (Å²) in [6, 6.07) is 1.53. The smallest absolute Gasteiger partial charge is 0.407 e. The normalized spacial score (nSPS) is 11.0. The lowest BCUT2D eigenvalue weighted by Gasteiger charge is -2.19. The van der Waals surface area contributed by atoms with Crippen molar-refractivity contribution in [1.82, 2.24) is 5.32 Å². The van der Waals surface area contributed by atoms with Gasteiger partial charge in [0, 0.05) is 10.3 Å². The summed E-state index contributed by atoms with van der Waals surface area (Å²) < 4.78 is 5.05. The van der Waals surface area contributed by atoms with Gasteiger partial charge in [0.15, 0.2) is 0 Å². The fourth-order valence-corrected chi connectivity index (χ4v) is 1.86. The second-order valence-electron chi connectivity index (χ2n) is 4.46. The van der Waals surface area contributed by atoms with E-state index in [4.69, 9.17) is 9.84 Å². The van der Waals surface area contributed by atoms with Crippen molar-refractivity contribution in [2.75, 3.05) is 0 Å². The molecular formula is C11H15NO4S. The molecule has 1 aromatic heterocycles. The number of hydrogen-bond donors (Lipinski definition) is 2. The molecule has 0 saturated carbocycles. The van der Waals surface area contributed by atoms with Gasteiger partial charge in [-0.1, -0.05) is 0 Å². The molecule has 6 heteroatoms. The van der Waals surface area contributed by atoms with Gasteiger partial charge in [0.1, 0.15) is 5.60 Å². The van der Waals surface area contributed by atoms with Crippen LogP contribution in [-0.4, -0.2) is 22.8 Å². The van der Waals surface area contributed by atoms with E-state index in [1.807, 2.05) is 0 Å². The minimum atomic E-state index is -0.968. The maximum absolute atomic E-state index is 11.3. The zero-order chi connectivity index (χ0) is 13.1. The van der Waals surface area contributed by atoms with Crippen LogP contribution in [0.1, 0.15) is 36.0 Å². The Hall–Kier alpha value is -1.56. The van der Waals surface area contributed by atoms with E-state index < -0.39 is 17.7 Å². The predicted molar refractivity (Wildman–Crippen MR) is 64.4 cm³/mol. The van der Waals surface area contributed by atoms with Gasteiger partial charge >= 0.3 is 12.1 Å². The molecule has 1 aromatic rings. The van der Waals surface area contributed by atoms with Crippen LogP contribution in [0.15, 0.2) is 11.4 Å². The fraction of sp³-hybridized carbons (Fsp3) is 0.455. The first-order valence-corrected chi connectivity index (χ1v) is 5.93. The second-order valence-corrected chi connectivity index (χ2v) is 5.46. The van der Waals surface area contributed by atoms with Crippen molar-refractivity contribution in [3.63, 3.8) is 0 Å². The molecule has 0 unspecified atom stereocenters. The standard InChI is InChI=1S/C11H15NO4S/c1-11(2,3)16-10(15)12-5-8-4-7(6-17-8)9(13)14/h4,6H,5H2,1-3H3,(H,12,15)(H,13,14). The van der Waals surface area contributed by atoms with Gasteiger partial charge in [0.05, 0.1) is 12.1 Å². The lowest BCUT2D eigenvalue weighted by Crippen LogP contribution is -2.31. The number of carbonyl (C=O) groups excluding carboxylic acids is 1. The Kier molecular flexibility index (Phi) is 4.11. The lowest BCUT2D eigenvalue weighted by atomic mass is 10.2. The minimum absolute atomic E-state index is 0.232. The van der Waals surface area contributed by atoms with E-state index >= 15 is 0 Å². The predicted octanol–water partition coefficient (Wildman–Crippen LogP) is 2.47. The first-order valence-electron chi connectivity index (χ1n) is 5.05. The van der Waals surface area contributed by atoms with Crippen molar-refractivity contribution < 1.29 is 19.4 Å². The average Bonchev–Trinajstić information content (AvgIpc) is 2.60. The molecule has 0 atom stereocenters. The quantitative estimate of drug-likeness (QED) is 0.872. The van der Waals surface area contributed by atoms with Crippen molar-refractivity contribution in [3.8, 4) is 0 Å². The number of carbonyl (C=O) groups is 2. The van der Waals surface area contributed by atoms with Gasteiger partial charge in [0.2, 0.25) is 0 Å². The number of alkyl carbamates (subject to hydrolysis) is 1. The third-order valence-corrected chi connectivity index (χ3v) is 2.64. The molecule has 0 saturated heterocycles. The summed E-state index contributed by atoms with van der Waals surface area (Å²) >= 11 is 1.29. The summed E-state index contributed by atoms with van der Waals surface area (Å²) in [6.45, 7) is 5.60. The Bertz CT molecular complexity index is 419. The first-order chi connectivity index (χ1) is 7.78. The van der Waals surface area contributed by atoms with E-state index in [1.165, 1.54) is 22.8 Å². The molecule has 0 aliphatic heterocycles. The number of amides is 1.